The maximum atomic E-state index is 12.5. The van der Waals surface area contributed by atoms with E-state index in [1.54, 1.807) is 0 Å². The second-order valence-corrected chi connectivity index (χ2v) is 7.18. The molecule has 0 N–H and O–H groups in total. The summed E-state index contributed by atoms with van der Waals surface area (Å²) < 4.78 is 35.8. The molecule has 1 aromatic heterocycles. The molecule has 0 fully saturated rings. The Bertz CT molecular complexity index is 767. The Balaban J connectivity index is 2.15. The summed E-state index contributed by atoms with van der Waals surface area (Å²) in [6, 6.07) is 12.2. The number of carbonyl (C=O) groups is 1. The molecule has 2 aromatic rings. The van der Waals surface area contributed by atoms with E-state index in [0.717, 1.165) is 5.56 Å². The number of likely N-dealkylation sites (N-methyl/N-ethyl adjacent to an activating group) is 1. The van der Waals surface area contributed by atoms with Crippen LogP contribution in [-0.2, 0) is 14.8 Å². The first-order valence-corrected chi connectivity index (χ1v) is 8.49. The number of hydrogen-bond donors (Lipinski definition) is 0. The molecule has 1 atom stereocenters. The number of sulfonamides is 1. The number of ether oxygens (including phenoxy) is 1. The molecule has 124 valence electrons. The number of benzene rings is 1. The van der Waals surface area contributed by atoms with Crippen molar-refractivity contribution < 1.29 is 22.4 Å². The second-order valence-electron chi connectivity index (χ2n) is 5.21. The van der Waals surface area contributed by atoms with Crippen LogP contribution in [0.2, 0.25) is 0 Å². The third-order valence-corrected chi connectivity index (χ3v) is 5.23. The van der Waals surface area contributed by atoms with Crippen LogP contribution in [0.15, 0.2) is 52.0 Å². The molecule has 0 aliphatic carbocycles. The van der Waals surface area contributed by atoms with Crippen molar-refractivity contribution in [2.45, 2.75) is 17.9 Å². The Morgan fingerprint density at radius 3 is 2.48 bits per heavy atom. The number of rotatable bonds is 6. The Morgan fingerprint density at radius 1 is 1.22 bits per heavy atom. The summed E-state index contributed by atoms with van der Waals surface area (Å²) in [5.41, 5.74) is 1.05. The summed E-state index contributed by atoms with van der Waals surface area (Å²) in [5.74, 6) is -0.839. The lowest BCUT2D eigenvalue weighted by atomic mass is 10.0. The molecule has 0 saturated carbocycles. The summed E-state index contributed by atoms with van der Waals surface area (Å²) in [5, 5.41) is -0.277. The molecule has 1 aromatic carbocycles. The molecule has 1 heterocycles. The van der Waals surface area contributed by atoms with Gasteiger partial charge in [0.2, 0.25) is 10.9 Å². The minimum Gasteiger partial charge on any atom is -0.463 e. The summed E-state index contributed by atoms with van der Waals surface area (Å²) >= 11 is 0. The fourth-order valence-electron chi connectivity index (χ4n) is 2.19. The van der Waals surface area contributed by atoms with Crippen molar-refractivity contribution in [3.05, 3.63) is 53.8 Å². The van der Waals surface area contributed by atoms with Crippen LogP contribution in [0.5, 0.6) is 0 Å². The Labute approximate surface area is 135 Å². The lowest BCUT2D eigenvalue weighted by Crippen LogP contribution is -2.30. The summed E-state index contributed by atoms with van der Waals surface area (Å²) in [7, 11) is -1.12. The van der Waals surface area contributed by atoms with Gasteiger partial charge < -0.3 is 9.15 Å². The Kier molecular flexibility index (Phi) is 5.23. The number of nitrogens with zero attached hydrogens (tertiary/aromatic N) is 1. The number of hydrogen-bond acceptors (Lipinski definition) is 5. The van der Waals surface area contributed by atoms with Crippen LogP contribution >= 0.6 is 0 Å². The monoisotopic (exact) mass is 337 g/mol. The maximum Gasteiger partial charge on any atom is 0.374 e. The minimum absolute atomic E-state index is 0.0195. The molecule has 6 nitrogen and oxygen atoms in total. The average Bonchev–Trinajstić information content (AvgIpc) is 3.05. The van der Waals surface area contributed by atoms with Crippen LogP contribution in [0.3, 0.4) is 0 Å². The highest BCUT2D eigenvalue weighted by Gasteiger charge is 2.27. The van der Waals surface area contributed by atoms with E-state index >= 15 is 0 Å². The zero-order valence-corrected chi connectivity index (χ0v) is 14.0. The molecule has 0 radical (unpaired) electrons. The van der Waals surface area contributed by atoms with Gasteiger partial charge in [-0.1, -0.05) is 37.3 Å². The minimum atomic E-state index is -3.80. The van der Waals surface area contributed by atoms with Gasteiger partial charge in [-0.15, -0.1) is 0 Å². The molecular formula is C16H19NO5S. The fraction of sp³-hybridized carbons (Fsp3) is 0.312. The van der Waals surface area contributed by atoms with Crippen molar-refractivity contribution in [2.75, 3.05) is 20.7 Å². The number of carbonyl (C=O) groups excluding carboxylic acids is 1. The summed E-state index contributed by atoms with van der Waals surface area (Å²) in [6.45, 7) is 2.24. The van der Waals surface area contributed by atoms with Crippen LogP contribution in [0.1, 0.15) is 29.0 Å². The quantitative estimate of drug-likeness (QED) is 0.757. The number of esters is 1. The van der Waals surface area contributed by atoms with Gasteiger partial charge in [-0.05, 0) is 23.6 Å². The first kappa shape index (κ1) is 17.2. The second kappa shape index (κ2) is 6.97. The molecule has 0 saturated heterocycles. The molecule has 0 amide bonds. The standard InChI is InChI=1S/C16H19NO5S/c1-12(13-7-5-4-6-8-13)11-17(2)23(19,20)15-10-9-14(22-15)16(18)21-3/h4-10,12H,11H2,1-3H3. The topological polar surface area (TPSA) is 76.8 Å². The maximum absolute atomic E-state index is 12.5. The number of furan rings is 1. The molecule has 0 aliphatic rings. The summed E-state index contributed by atoms with van der Waals surface area (Å²) in [4.78, 5) is 11.4. The van der Waals surface area contributed by atoms with Crippen molar-refractivity contribution in [3.8, 4) is 0 Å². The first-order chi connectivity index (χ1) is 10.9. The van der Waals surface area contributed by atoms with Crippen molar-refractivity contribution in [1.29, 1.82) is 0 Å². The van der Waals surface area contributed by atoms with Gasteiger partial charge in [0.15, 0.2) is 0 Å². The van der Waals surface area contributed by atoms with Gasteiger partial charge in [0.05, 0.1) is 7.11 Å². The normalized spacial score (nSPS) is 13.0. The van der Waals surface area contributed by atoms with E-state index in [-0.39, 0.29) is 16.8 Å². The van der Waals surface area contributed by atoms with Gasteiger partial charge in [0.25, 0.3) is 10.0 Å². The zero-order chi connectivity index (χ0) is 17.0. The highest BCUT2D eigenvalue weighted by Crippen LogP contribution is 2.22. The predicted molar refractivity (Wildman–Crippen MR) is 84.7 cm³/mol. The van der Waals surface area contributed by atoms with Gasteiger partial charge in [-0.3, -0.25) is 0 Å². The highest BCUT2D eigenvalue weighted by atomic mass is 32.2. The molecule has 7 heteroatoms. The predicted octanol–water partition coefficient (Wildman–Crippen LogP) is 2.49. The van der Waals surface area contributed by atoms with Gasteiger partial charge in [-0.25, -0.2) is 13.2 Å². The third-order valence-electron chi connectivity index (χ3n) is 3.53. The van der Waals surface area contributed by atoms with Crippen LogP contribution in [0.4, 0.5) is 0 Å². The van der Waals surface area contributed by atoms with Crippen LogP contribution in [0, 0.1) is 0 Å². The molecule has 23 heavy (non-hydrogen) atoms. The Hall–Kier alpha value is -2.12. The molecule has 2 rings (SSSR count). The molecule has 0 aliphatic heterocycles. The van der Waals surface area contributed by atoms with Crippen LogP contribution < -0.4 is 0 Å². The van der Waals surface area contributed by atoms with Crippen molar-refractivity contribution in [3.63, 3.8) is 0 Å². The van der Waals surface area contributed by atoms with Crippen LogP contribution in [0.25, 0.3) is 0 Å². The van der Waals surface area contributed by atoms with Crippen molar-refractivity contribution in [2.24, 2.45) is 0 Å². The van der Waals surface area contributed by atoms with Gasteiger partial charge in [-0.2, -0.15) is 4.31 Å². The van der Waals surface area contributed by atoms with Crippen molar-refractivity contribution in [1.82, 2.24) is 4.31 Å². The molecular weight excluding hydrogens is 318 g/mol. The van der Waals surface area contributed by atoms with Crippen LogP contribution in [-0.4, -0.2) is 39.4 Å². The van der Waals surface area contributed by atoms with E-state index in [1.165, 1.54) is 30.6 Å². The van der Waals surface area contributed by atoms with Crippen molar-refractivity contribution >= 4 is 16.0 Å². The van der Waals surface area contributed by atoms with E-state index < -0.39 is 16.0 Å². The fourth-order valence-corrected chi connectivity index (χ4v) is 3.36. The molecule has 1 unspecified atom stereocenters. The zero-order valence-electron chi connectivity index (χ0n) is 13.2. The largest absolute Gasteiger partial charge is 0.463 e. The first-order valence-electron chi connectivity index (χ1n) is 7.05. The van der Waals surface area contributed by atoms with E-state index in [2.05, 4.69) is 4.74 Å². The Morgan fingerprint density at radius 2 is 1.87 bits per heavy atom. The van der Waals surface area contributed by atoms with Gasteiger partial charge >= 0.3 is 5.97 Å². The van der Waals surface area contributed by atoms with E-state index in [0.29, 0.717) is 6.54 Å². The highest BCUT2D eigenvalue weighted by molar-refractivity contribution is 7.89. The third kappa shape index (κ3) is 3.80. The van der Waals surface area contributed by atoms with E-state index in [4.69, 9.17) is 4.42 Å². The lowest BCUT2D eigenvalue weighted by Gasteiger charge is -2.20. The van der Waals surface area contributed by atoms with E-state index in [9.17, 15) is 13.2 Å². The molecule has 0 spiro atoms. The van der Waals surface area contributed by atoms with E-state index in [1.807, 2.05) is 37.3 Å². The lowest BCUT2D eigenvalue weighted by molar-refractivity contribution is 0.0558. The van der Waals surface area contributed by atoms with Gasteiger partial charge in [0.1, 0.15) is 0 Å². The number of methoxy groups -OCH3 is 1. The van der Waals surface area contributed by atoms with Gasteiger partial charge in [0, 0.05) is 13.6 Å². The average molecular weight is 337 g/mol. The smallest absolute Gasteiger partial charge is 0.374 e. The summed E-state index contributed by atoms with van der Waals surface area (Å²) in [6.07, 6.45) is 0. The molecule has 0 bridgehead atoms. The SMILES string of the molecule is COC(=O)c1ccc(S(=O)(=O)N(C)CC(C)c2ccccc2)o1.